The minimum atomic E-state index is -0.489. The number of anilines is 1. The van der Waals surface area contributed by atoms with Crippen LogP contribution in [0.4, 0.5) is 10.1 Å². The van der Waals surface area contributed by atoms with Crippen molar-refractivity contribution in [1.82, 2.24) is 0 Å². The summed E-state index contributed by atoms with van der Waals surface area (Å²) in [5.74, 6) is -0.301. The molecule has 0 bridgehead atoms. The summed E-state index contributed by atoms with van der Waals surface area (Å²) in [6.07, 6.45) is -0.489. The van der Waals surface area contributed by atoms with Gasteiger partial charge in [-0.05, 0) is 24.1 Å². The zero-order valence-corrected chi connectivity index (χ0v) is 9.37. The van der Waals surface area contributed by atoms with Crippen molar-refractivity contribution in [1.29, 1.82) is 5.26 Å². The van der Waals surface area contributed by atoms with Gasteiger partial charge in [0.2, 0.25) is 0 Å². The van der Waals surface area contributed by atoms with E-state index in [1.165, 1.54) is 18.2 Å². The van der Waals surface area contributed by atoms with Gasteiger partial charge in [-0.3, -0.25) is 0 Å². The molecule has 0 heterocycles. The number of rotatable bonds is 4. The minimum Gasteiger partial charge on any atom is -0.391 e. The van der Waals surface area contributed by atoms with Crippen LogP contribution < -0.4 is 5.32 Å². The molecule has 1 atom stereocenters. The molecular formula is C12H15FN2O. The molecule has 0 fully saturated rings. The molecule has 0 aliphatic rings. The third kappa shape index (κ3) is 3.21. The van der Waals surface area contributed by atoms with E-state index < -0.39 is 11.9 Å². The maximum atomic E-state index is 12.8. The number of nitrogens with zero attached hydrogens (tertiary/aromatic N) is 1. The summed E-state index contributed by atoms with van der Waals surface area (Å²) in [5, 5.41) is 21.3. The fourth-order valence-corrected chi connectivity index (χ4v) is 1.21. The highest BCUT2D eigenvalue weighted by Gasteiger charge is 2.10. The Morgan fingerprint density at radius 2 is 2.19 bits per heavy atom. The molecule has 0 radical (unpaired) electrons. The van der Waals surface area contributed by atoms with E-state index in [9.17, 15) is 9.50 Å². The quantitative estimate of drug-likeness (QED) is 0.820. The fraction of sp³-hybridized carbons (Fsp3) is 0.417. The van der Waals surface area contributed by atoms with Crippen LogP contribution in [-0.4, -0.2) is 17.8 Å². The Bertz CT molecular complexity index is 398. The van der Waals surface area contributed by atoms with Crippen molar-refractivity contribution in [2.24, 2.45) is 5.92 Å². The Morgan fingerprint density at radius 3 is 2.75 bits per heavy atom. The summed E-state index contributed by atoms with van der Waals surface area (Å²) < 4.78 is 12.8. The van der Waals surface area contributed by atoms with Crippen LogP contribution >= 0.6 is 0 Å². The smallest absolute Gasteiger partial charge is 0.124 e. The second kappa shape index (κ2) is 5.47. The van der Waals surface area contributed by atoms with Crippen molar-refractivity contribution in [2.75, 3.05) is 11.9 Å². The van der Waals surface area contributed by atoms with E-state index >= 15 is 0 Å². The SMILES string of the molecule is CC(C)C(O)CNc1ccc(F)cc1C#N. The summed E-state index contributed by atoms with van der Waals surface area (Å²) in [5.41, 5.74) is 0.791. The predicted octanol–water partition coefficient (Wildman–Crippen LogP) is 2.13. The van der Waals surface area contributed by atoms with Crippen LogP contribution in [0.2, 0.25) is 0 Å². The van der Waals surface area contributed by atoms with E-state index in [1.807, 2.05) is 19.9 Å². The highest BCUT2D eigenvalue weighted by Crippen LogP contribution is 2.16. The normalized spacial score (nSPS) is 12.2. The van der Waals surface area contributed by atoms with Gasteiger partial charge in [-0.25, -0.2) is 4.39 Å². The number of aliphatic hydroxyl groups excluding tert-OH is 1. The molecule has 1 aromatic carbocycles. The molecule has 0 aliphatic carbocycles. The fourth-order valence-electron chi connectivity index (χ4n) is 1.21. The molecule has 4 heteroatoms. The monoisotopic (exact) mass is 222 g/mol. The van der Waals surface area contributed by atoms with Crippen molar-refractivity contribution in [2.45, 2.75) is 20.0 Å². The zero-order chi connectivity index (χ0) is 12.1. The third-order valence-corrected chi connectivity index (χ3v) is 2.37. The van der Waals surface area contributed by atoms with E-state index in [0.717, 1.165) is 0 Å². The second-order valence-electron chi connectivity index (χ2n) is 3.99. The van der Waals surface area contributed by atoms with Crippen molar-refractivity contribution in [3.8, 4) is 6.07 Å². The number of hydrogen-bond acceptors (Lipinski definition) is 3. The largest absolute Gasteiger partial charge is 0.391 e. The van der Waals surface area contributed by atoms with Gasteiger partial charge in [-0.15, -0.1) is 0 Å². The number of aliphatic hydroxyl groups is 1. The molecule has 1 rings (SSSR count). The number of hydrogen-bond donors (Lipinski definition) is 2. The summed E-state index contributed by atoms with van der Waals surface area (Å²) in [4.78, 5) is 0. The summed E-state index contributed by atoms with van der Waals surface area (Å²) in [6, 6.07) is 5.86. The maximum absolute atomic E-state index is 12.8. The van der Waals surface area contributed by atoms with Gasteiger partial charge in [0.1, 0.15) is 11.9 Å². The number of benzene rings is 1. The molecule has 0 saturated carbocycles. The Balaban J connectivity index is 2.71. The molecule has 1 aromatic rings. The van der Waals surface area contributed by atoms with E-state index in [1.54, 1.807) is 0 Å². The van der Waals surface area contributed by atoms with E-state index in [2.05, 4.69) is 5.32 Å². The number of nitrogens with one attached hydrogen (secondary N) is 1. The molecule has 0 saturated heterocycles. The minimum absolute atomic E-state index is 0.137. The Hall–Kier alpha value is -1.60. The first kappa shape index (κ1) is 12.5. The van der Waals surface area contributed by atoms with Crippen LogP contribution in [0.25, 0.3) is 0 Å². The van der Waals surface area contributed by atoms with Gasteiger partial charge in [0.05, 0.1) is 17.4 Å². The number of halogens is 1. The zero-order valence-electron chi connectivity index (χ0n) is 9.37. The van der Waals surface area contributed by atoms with Crippen molar-refractivity contribution >= 4 is 5.69 Å². The topological polar surface area (TPSA) is 56.0 Å². The van der Waals surface area contributed by atoms with Gasteiger partial charge in [-0.1, -0.05) is 13.8 Å². The average molecular weight is 222 g/mol. The Morgan fingerprint density at radius 1 is 1.50 bits per heavy atom. The molecule has 3 nitrogen and oxygen atoms in total. The van der Waals surface area contributed by atoms with Crippen molar-refractivity contribution < 1.29 is 9.50 Å². The molecular weight excluding hydrogens is 207 g/mol. The van der Waals surface area contributed by atoms with Gasteiger partial charge in [0.15, 0.2) is 0 Å². The van der Waals surface area contributed by atoms with Crippen LogP contribution in [0.3, 0.4) is 0 Å². The molecule has 16 heavy (non-hydrogen) atoms. The van der Waals surface area contributed by atoms with Gasteiger partial charge < -0.3 is 10.4 Å². The van der Waals surface area contributed by atoms with Crippen LogP contribution in [0, 0.1) is 23.1 Å². The standard InChI is InChI=1S/C12H15FN2O/c1-8(2)12(16)7-15-11-4-3-10(13)5-9(11)6-14/h3-5,8,12,15-16H,7H2,1-2H3. The lowest BCUT2D eigenvalue weighted by Crippen LogP contribution is -2.25. The molecule has 86 valence electrons. The van der Waals surface area contributed by atoms with Crippen LogP contribution in [0.5, 0.6) is 0 Å². The van der Waals surface area contributed by atoms with E-state index in [-0.39, 0.29) is 11.5 Å². The molecule has 0 amide bonds. The Kier molecular flexibility index (Phi) is 4.27. The van der Waals surface area contributed by atoms with E-state index in [4.69, 9.17) is 5.26 Å². The molecule has 1 unspecified atom stereocenters. The van der Waals surface area contributed by atoms with Crippen LogP contribution in [0.1, 0.15) is 19.4 Å². The first-order valence-corrected chi connectivity index (χ1v) is 5.16. The average Bonchev–Trinajstić information content (AvgIpc) is 2.26. The van der Waals surface area contributed by atoms with E-state index in [0.29, 0.717) is 12.2 Å². The molecule has 0 spiro atoms. The molecule has 0 aliphatic heterocycles. The second-order valence-corrected chi connectivity index (χ2v) is 3.99. The van der Waals surface area contributed by atoms with Crippen molar-refractivity contribution in [3.63, 3.8) is 0 Å². The summed E-state index contributed by atoms with van der Waals surface area (Å²) in [6.45, 7) is 4.16. The first-order valence-electron chi connectivity index (χ1n) is 5.16. The lowest BCUT2D eigenvalue weighted by atomic mass is 10.1. The highest BCUT2D eigenvalue weighted by molar-refractivity contribution is 5.57. The summed E-state index contributed by atoms with van der Waals surface area (Å²) >= 11 is 0. The van der Waals surface area contributed by atoms with Gasteiger partial charge in [0.25, 0.3) is 0 Å². The predicted molar refractivity (Wildman–Crippen MR) is 60.4 cm³/mol. The summed E-state index contributed by atoms with van der Waals surface area (Å²) in [7, 11) is 0. The highest BCUT2D eigenvalue weighted by atomic mass is 19.1. The molecule has 2 N–H and O–H groups in total. The van der Waals surface area contributed by atoms with Gasteiger partial charge >= 0.3 is 0 Å². The lowest BCUT2D eigenvalue weighted by Gasteiger charge is -2.16. The Labute approximate surface area is 94.5 Å². The lowest BCUT2D eigenvalue weighted by molar-refractivity contribution is 0.138. The van der Waals surface area contributed by atoms with Gasteiger partial charge in [0, 0.05) is 6.54 Å². The first-order chi connectivity index (χ1) is 7.54. The van der Waals surface area contributed by atoms with Crippen LogP contribution in [0.15, 0.2) is 18.2 Å². The van der Waals surface area contributed by atoms with Crippen molar-refractivity contribution in [3.05, 3.63) is 29.6 Å². The maximum Gasteiger partial charge on any atom is 0.124 e. The number of nitriles is 1. The van der Waals surface area contributed by atoms with Crippen LogP contribution in [-0.2, 0) is 0 Å². The van der Waals surface area contributed by atoms with Gasteiger partial charge in [-0.2, -0.15) is 5.26 Å². The molecule has 0 aromatic heterocycles. The third-order valence-electron chi connectivity index (χ3n) is 2.37.